The van der Waals surface area contributed by atoms with Crippen LogP contribution < -0.4 is 11.1 Å². The van der Waals surface area contributed by atoms with E-state index in [9.17, 15) is 8.78 Å². The SMILES string of the molecule is COCC(F)(F)c1cc(N)cc([C@@H](C)Nc2nc(C)nc3c(C)cc(C4=CCOCC4)cc23)c1. The molecule has 2 heterocycles. The summed E-state index contributed by atoms with van der Waals surface area (Å²) in [6, 6.07) is 8.35. The van der Waals surface area contributed by atoms with Crippen LogP contribution in [0.4, 0.5) is 20.3 Å². The molecule has 0 amide bonds. The number of anilines is 2. The van der Waals surface area contributed by atoms with Crippen molar-refractivity contribution in [2.75, 3.05) is 38.0 Å². The highest BCUT2D eigenvalue weighted by atomic mass is 19.3. The molecule has 1 aliphatic rings. The Bertz CT molecular complexity index is 1240. The van der Waals surface area contributed by atoms with Crippen molar-refractivity contribution in [3.05, 3.63) is 64.5 Å². The van der Waals surface area contributed by atoms with E-state index < -0.39 is 12.5 Å². The number of nitrogen functional groups attached to an aromatic ring is 1. The first-order valence-electron chi connectivity index (χ1n) is 11.3. The molecular weight excluding hydrogens is 438 g/mol. The molecule has 0 fully saturated rings. The second-order valence-electron chi connectivity index (χ2n) is 8.75. The van der Waals surface area contributed by atoms with Crippen molar-refractivity contribution >= 4 is 28.0 Å². The molecule has 0 bridgehead atoms. The molecule has 8 heteroatoms. The van der Waals surface area contributed by atoms with E-state index in [4.69, 9.17) is 15.2 Å². The minimum atomic E-state index is -3.14. The third-order valence-corrected chi connectivity index (χ3v) is 6.02. The third-order valence-electron chi connectivity index (χ3n) is 6.02. The highest BCUT2D eigenvalue weighted by molar-refractivity contribution is 5.94. The van der Waals surface area contributed by atoms with Crippen LogP contribution in [0.15, 0.2) is 36.4 Å². The van der Waals surface area contributed by atoms with E-state index in [0.717, 1.165) is 28.5 Å². The molecule has 1 aliphatic heterocycles. The molecule has 180 valence electrons. The Balaban J connectivity index is 1.74. The van der Waals surface area contributed by atoms with Gasteiger partial charge in [0.1, 0.15) is 18.2 Å². The fraction of sp³-hybridized carbons (Fsp3) is 0.385. The van der Waals surface area contributed by atoms with Crippen molar-refractivity contribution in [3.63, 3.8) is 0 Å². The van der Waals surface area contributed by atoms with Gasteiger partial charge in [-0.25, -0.2) is 9.97 Å². The van der Waals surface area contributed by atoms with Crippen LogP contribution in [0.2, 0.25) is 0 Å². The first kappa shape index (κ1) is 24.0. The van der Waals surface area contributed by atoms with Crippen LogP contribution >= 0.6 is 0 Å². The molecule has 3 aromatic rings. The van der Waals surface area contributed by atoms with Gasteiger partial charge in [0.15, 0.2) is 0 Å². The number of alkyl halides is 2. The second-order valence-corrected chi connectivity index (χ2v) is 8.75. The molecule has 0 saturated carbocycles. The van der Waals surface area contributed by atoms with Crippen molar-refractivity contribution in [1.29, 1.82) is 0 Å². The summed E-state index contributed by atoms with van der Waals surface area (Å²) >= 11 is 0. The molecule has 0 saturated heterocycles. The number of nitrogens with two attached hydrogens (primary N) is 1. The van der Waals surface area contributed by atoms with Gasteiger partial charge in [-0.3, -0.25) is 0 Å². The number of methoxy groups -OCH3 is 1. The summed E-state index contributed by atoms with van der Waals surface area (Å²) in [5.41, 5.74) is 11.0. The van der Waals surface area contributed by atoms with Crippen LogP contribution in [0.1, 0.15) is 47.5 Å². The van der Waals surface area contributed by atoms with Gasteiger partial charge in [0.05, 0.1) is 24.8 Å². The van der Waals surface area contributed by atoms with Gasteiger partial charge in [-0.15, -0.1) is 0 Å². The number of rotatable bonds is 7. The molecule has 6 nitrogen and oxygen atoms in total. The Morgan fingerprint density at radius 3 is 2.68 bits per heavy atom. The number of nitrogens with zero attached hydrogens (tertiary/aromatic N) is 2. The Labute approximate surface area is 198 Å². The number of benzene rings is 2. The van der Waals surface area contributed by atoms with Gasteiger partial charge in [0.25, 0.3) is 5.92 Å². The smallest absolute Gasteiger partial charge is 0.296 e. The predicted octanol–water partition coefficient (Wildman–Crippen LogP) is 5.54. The first-order valence-corrected chi connectivity index (χ1v) is 11.3. The third kappa shape index (κ3) is 5.03. The maximum atomic E-state index is 14.5. The molecule has 0 unspecified atom stereocenters. The standard InChI is InChI=1S/C26H30F2N4O2/c1-15-9-20(18-5-7-34-8-6-18)12-23-24(15)31-17(3)32-25(23)30-16(2)19-10-21(13-22(29)11-19)26(27,28)14-33-4/h5,9-13,16H,6-8,14,29H2,1-4H3,(H,30,31,32)/t16-/m1/s1. The molecule has 2 aromatic carbocycles. The molecule has 1 atom stereocenters. The Hall–Kier alpha value is -3.10. The van der Waals surface area contributed by atoms with E-state index in [-0.39, 0.29) is 17.3 Å². The molecule has 0 radical (unpaired) electrons. The van der Waals surface area contributed by atoms with Gasteiger partial charge in [0.2, 0.25) is 0 Å². The predicted molar refractivity (Wildman–Crippen MR) is 131 cm³/mol. The number of fused-ring (bicyclic) bond motifs is 1. The minimum Gasteiger partial charge on any atom is -0.399 e. The number of aryl methyl sites for hydroxylation is 2. The lowest BCUT2D eigenvalue weighted by Gasteiger charge is -2.22. The fourth-order valence-corrected chi connectivity index (χ4v) is 4.29. The van der Waals surface area contributed by atoms with Crippen LogP contribution in [-0.4, -0.2) is 36.9 Å². The maximum absolute atomic E-state index is 14.5. The van der Waals surface area contributed by atoms with E-state index in [1.54, 1.807) is 6.07 Å². The van der Waals surface area contributed by atoms with Crippen LogP contribution in [0.5, 0.6) is 0 Å². The average molecular weight is 469 g/mol. The zero-order valence-corrected chi connectivity index (χ0v) is 19.9. The quantitative estimate of drug-likeness (QED) is 0.443. The van der Waals surface area contributed by atoms with Crippen molar-refractivity contribution in [2.45, 2.75) is 39.2 Å². The Morgan fingerprint density at radius 2 is 1.97 bits per heavy atom. The van der Waals surface area contributed by atoms with E-state index in [0.29, 0.717) is 30.4 Å². The lowest BCUT2D eigenvalue weighted by Crippen LogP contribution is -2.21. The van der Waals surface area contributed by atoms with Crippen molar-refractivity contribution < 1.29 is 18.3 Å². The average Bonchev–Trinajstić information content (AvgIpc) is 2.79. The zero-order valence-electron chi connectivity index (χ0n) is 19.9. The van der Waals surface area contributed by atoms with E-state index in [1.807, 2.05) is 20.8 Å². The van der Waals surface area contributed by atoms with Crippen molar-refractivity contribution in [3.8, 4) is 0 Å². The lowest BCUT2D eigenvalue weighted by atomic mass is 9.97. The van der Waals surface area contributed by atoms with Gasteiger partial charge < -0.3 is 20.5 Å². The number of hydrogen-bond acceptors (Lipinski definition) is 6. The van der Waals surface area contributed by atoms with E-state index in [1.165, 1.54) is 24.8 Å². The normalized spacial score (nSPS) is 15.3. The molecule has 1 aromatic heterocycles. The van der Waals surface area contributed by atoms with Crippen molar-refractivity contribution in [1.82, 2.24) is 9.97 Å². The van der Waals surface area contributed by atoms with Crippen LogP contribution in [0.3, 0.4) is 0 Å². The summed E-state index contributed by atoms with van der Waals surface area (Å²) in [6.07, 6.45) is 2.95. The van der Waals surface area contributed by atoms with Crippen LogP contribution in [0, 0.1) is 13.8 Å². The molecule has 3 N–H and O–H groups in total. The number of ether oxygens (including phenoxy) is 2. The molecule has 34 heavy (non-hydrogen) atoms. The largest absolute Gasteiger partial charge is 0.399 e. The summed E-state index contributed by atoms with van der Waals surface area (Å²) in [5, 5.41) is 4.29. The molecule has 0 aliphatic carbocycles. The molecular formula is C26H30F2N4O2. The maximum Gasteiger partial charge on any atom is 0.296 e. The summed E-state index contributed by atoms with van der Waals surface area (Å²) in [4.78, 5) is 9.31. The van der Waals surface area contributed by atoms with Gasteiger partial charge in [-0.05, 0) is 79.8 Å². The Kier molecular flexibility index (Phi) is 6.81. The van der Waals surface area contributed by atoms with Crippen molar-refractivity contribution in [2.24, 2.45) is 0 Å². The first-order chi connectivity index (χ1) is 16.2. The van der Waals surface area contributed by atoms with Gasteiger partial charge in [0, 0.05) is 23.7 Å². The Morgan fingerprint density at radius 1 is 1.18 bits per heavy atom. The highest BCUT2D eigenvalue weighted by Gasteiger charge is 2.32. The van der Waals surface area contributed by atoms with Crippen LogP contribution in [-0.2, 0) is 15.4 Å². The fourth-order valence-electron chi connectivity index (χ4n) is 4.29. The number of halogens is 2. The molecule has 0 spiro atoms. The lowest BCUT2D eigenvalue weighted by molar-refractivity contribution is -0.0698. The summed E-state index contributed by atoms with van der Waals surface area (Å²) in [7, 11) is 1.25. The monoisotopic (exact) mass is 468 g/mol. The summed E-state index contributed by atoms with van der Waals surface area (Å²) in [6.45, 7) is 6.36. The van der Waals surface area contributed by atoms with Gasteiger partial charge in [-0.1, -0.05) is 6.08 Å². The van der Waals surface area contributed by atoms with Crippen LogP contribution in [0.25, 0.3) is 16.5 Å². The zero-order chi connectivity index (χ0) is 24.5. The highest BCUT2D eigenvalue weighted by Crippen LogP contribution is 2.34. The number of aromatic nitrogens is 2. The summed E-state index contributed by atoms with van der Waals surface area (Å²) in [5.74, 6) is -1.86. The second kappa shape index (κ2) is 9.64. The van der Waals surface area contributed by atoms with Gasteiger partial charge >= 0.3 is 0 Å². The van der Waals surface area contributed by atoms with E-state index >= 15 is 0 Å². The summed E-state index contributed by atoms with van der Waals surface area (Å²) < 4.78 is 39.1. The number of hydrogen-bond donors (Lipinski definition) is 2. The number of nitrogens with one attached hydrogen (secondary N) is 1. The van der Waals surface area contributed by atoms with Gasteiger partial charge in [-0.2, -0.15) is 8.78 Å². The van der Waals surface area contributed by atoms with E-state index in [2.05, 4.69) is 33.5 Å². The minimum absolute atomic E-state index is 0.175. The topological polar surface area (TPSA) is 82.3 Å². The molecule has 4 rings (SSSR count).